The number of ether oxygens (including phenoxy) is 1. The monoisotopic (exact) mass is 263 g/mol. The van der Waals surface area contributed by atoms with Gasteiger partial charge in [0.1, 0.15) is 5.75 Å². The summed E-state index contributed by atoms with van der Waals surface area (Å²) in [5.74, 6) is 1.03. The number of hydrogen-bond acceptors (Lipinski definition) is 2. The van der Waals surface area contributed by atoms with Gasteiger partial charge in [-0.3, -0.25) is 0 Å². The second kappa shape index (κ2) is 4.94. The average Bonchev–Trinajstić information content (AvgIpc) is 2.80. The predicted molar refractivity (Wildman–Crippen MR) is 75.1 cm³/mol. The molecule has 1 aliphatic heterocycles. The highest BCUT2D eigenvalue weighted by molar-refractivity contribution is 6.30. The third kappa shape index (κ3) is 2.40. The Balaban J connectivity index is 1.91. The Bertz CT molecular complexity index is 486. The summed E-state index contributed by atoms with van der Waals surface area (Å²) in [6.45, 7) is 0.775. The van der Waals surface area contributed by atoms with Crippen LogP contribution < -0.4 is 10.5 Å². The first-order valence-corrected chi connectivity index (χ1v) is 7.00. The molecule has 1 saturated carbocycles. The molecule has 1 aliphatic carbocycles. The van der Waals surface area contributed by atoms with Gasteiger partial charge in [0.15, 0.2) is 0 Å². The van der Waals surface area contributed by atoms with Gasteiger partial charge in [-0.05, 0) is 43.4 Å². The van der Waals surface area contributed by atoms with Crippen LogP contribution >= 0.6 is 11.6 Å². The zero-order valence-corrected chi connectivity index (χ0v) is 11.2. The second-order valence-electron chi connectivity index (χ2n) is 5.22. The molecule has 1 fully saturated rings. The number of allylic oxidation sites excluding steroid dienone is 1. The minimum atomic E-state index is 0.378. The van der Waals surface area contributed by atoms with Gasteiger partial charge in [0.2, 0.25) is 0 Å². The van der Waals surface area contributed by atoms with Crippen molar-refractivity contribution in [3.8, 4) is 5.75 Å². The molecule has 0 aromatic heterocycles. The van der Waals surface area contributed by atoms with E-state index in [-0.39, 0.29) is 0 Å². The summed E-state index contributed by atoms with van der Waals surface area (Å²) >= 11 is 6.16. The van der Waals surface area contributed by atoms with Crippen LogP contribution in [0.1, 0.15) is 36.8 Å². The lowest BCUT2D eigenvalue weighted by Crippen LogP contribution is -2.23. The molecule has 3 heteroatoms. The molecule has 3 rings (SSSR count). The first-order valence-electron chi connectivity index (χ1n) is 6.62. The zero-order valence-electron chi connectivity index (χ0n) is 10.4. The smallest absolute Gasteiger partial charge is 0.129 e. The molecule has 2 N–H and O–H groups in total. The Morgan fingerprint density at radius 1 is 1.22 bits per heavy atom. The molecular formula is C15H18ClNO. The Morgan fingerprint density at radius 2 is 2.00 bits per heavy atom. The third-order valence-electron chi connectivity index (χ3n) is 3.81. The highest BCUT2D eigenvalue weighted by atomic mass is 35.5. The average molecular weight is 264 g/mol. The summed E-state index contributed by atoms with van der Waals surface area (Å²) in [5, 5.41) is 0.804. The number of nitrogens with two attached hydrogens (primary N) is 1. The SMILES string of the molecule is NC1CCC(=Cc2cc(Cl)cc3c2OCC3)CC1. The van der Waals surface area contributed by atoms with Crippen molar-refractivity contribution in [1.82, 2.24) is 0 Å². The van der Waals surface area contributed by atoms with Crippen molar-refractivity contribution in [1.29, 1.82) is 0 Å². The number of halogens is 1. The largest absolute Gasteiger partial charge is 0.492 e. The molecule has 1 aromatic carbocycles. The van der Waals surface area contributed by atoms with Crippen LogP contribution in [-0.2, 0) is 6.42 Å². The van der Waals surface area contributed by atoms with Gasteiger partial charge in [0.25, 0.3) is 0 Å². The highest BCUT2D eigenvalue weighted by Gasteiger charge is 2.18. The summed E-state index contributed by atoms with van der Waals surface area (Å²) in [6.07, 6.45) is 7.61. The van der Waals surface area contributed by atoms with Crippen molar-refractivity contribution in [2.75, 3.05) is 6.61 Å². The van der Waals surface area contributed by atoms with Gasteiger partial charge in [0, 0.05) is 23.0 Å². The van der Waals surface area contributed by atoms with Crippen molar-refractivity contribution >= 4 is 17.7 Å². The van der Waals surface area contributed by atoms with E-state index in [0.29, 0.717) is 6.04 Å². The van der Waals surface area contributed by atoms with E-state index in [9.17, 15) is 0 Å². The second-order valence-corrected chi connectivity index (χ2v) is 5.66. The maximum absolute atomic E-state index is 6.16. The highest BCUT2D eigenvalue weighted by Crippen LogP contribution is 2.35. The molecule has 18 heavy (non-hydrogen) atoms. The summed E-state index contributed by atoms with van der Waals surface area (Å²) in [7, 11) is 0. The molecule has 96 valence electrons. The maximum Gasteiger partial charge on any atom is 0.129 e. The topological polar surface area (TPSA) is 35.2 Å². The molecule has 2 nitrogen and oxygen atoms in total. The van der Waals surface area contributed by atoms with Crippen molar-refractivity contribution < 1.29 is 4.74 Å². The fraction of sp³-hybridized carbons (Fsp3) is 0.467. The first-order chi connectivity index (χ1) is 8.72. The van der Waals surface area contributed by atoms with Crippen LogP contribution in [0.4, 0.5) is 0 Å². The lowest BCUT2D eigenvalue weighted by molar-refractivity contribution is 0.356. The van der Waals surface area contributed by atoms with E-state index in [2.05, 4.69) is 6.08 Å². The first kappa shape index (κ1) is 12.1. The molecule has 0 bridgehead atoms. The van der Waals surface area contributed by atoms with Crippen LogP contribution in [0.25, 0.3) is 6.08 Å². The molecule has 0 spiro atoms. The Hall–Kier alpha value is -0.990. The van der Waals surface area contributed by atoms with Gasteiger partial charge in [0.05, 0.1) is 6.61 Å². The lowest BCUT2D eigenvalue weighted by Gasteiger charge is -2.20. The fourth-order valence-corrected chi connectivity index (χ4v) is 3.03. The third-order valence-corrected chi connectivity index (χ3v) is 4.03. The standard InChI is InChI=1S/C15H18ClNO/c16-13-8-11-5-6-18-15(11)12(9-13)7-10-1-3-14(17)4-2-10/h7-9,14H,1-6,17H2. The Kier molecular flexibility index (Phi) is 3.31. The Morgan fingerprint density at radius 3 is 2.78 bits per heavy atom. The van der Waals surface area contributed by atoms with Gasteiger partial charge >= 0.3 is 0 Å². The van der Waals surface area contributed by atoms with E-state index in [1.165, 1.54) is 11.1 Å². The van der Waals surface area contributed by atoms with E-state index in [1.807, 2.05) is 12.1 Å². The van der Waals surface area contributed by atoms with Crippen LogP contribution in [0.15, 0.2) is 17.7 Å². The number of rotatable bonds is 1. The normalized spacial score (nSPS) is 22.6. The van der Waals surface area contributed by atoms with E-state index in [4.69, 9.17) is 22.1 Å². The molecule has 0 atom stereocenters. The summed E-state index contributed by atoms with van der Waals surface area (Å²) in [5.41, 5.74) is 9.78. The van der Waals surface area contributed by atoms with Gasteiger partial charge in [-0.1, -0.05) is 23.3 Å². The van der Waals surface area contributed by atoms with E-state index >= 15 is 0 Å². The summed E-state index contributed by atoms with van der Waals surface area (Å²) in [4.78, 5) is 0. The van der Waals surface area contributed by atoms with E-state index < -0.39 is 0 Å². The van der Waals surface area contributed by atoms with Crippen LogP contribution in [0.2, 0.25) is 5.02 Å². The predicted octanol–water partition coefficient (Wildman–Crippen LogP) is 3.56. The molecule has 2 aliphatic rings. The summed E-state index contributed by atoms with van der Waals surface area (Å²) in [6, 6.07) is 4.40. The van der Waals surface area contributed by atoms with Gasteiger partial charge in [-0.25, -0.2) is 0 Å². The van der Waals surface area contributed by atoms with Crippen molar-refractivity contribution in [2.24, 2.45) is 5.73 Å². The molecular weight excluding hydrogens is 246 g/mol. The molecule has 0 saturated heterocycles. The zero-order chi connectivity index (χ0) is 12.5. The number of hydrogen-bond donors (Lipinski definition) is 1. The molecule has 0 radical (unpaired) electrons. The van der Waals surface area contributed by atoms with E-state index in [1.54, 1.807) is 0 Å². The molecule has 0 amide bonds. The van der Waals surface area contributed by atoms with Crippen molar-refractivity contribution in [2.45, 2.75) is 38.1 Å². The van der Waals surface area contributed by atoms with E-state index in [0.717, 1.165) is 55.0 Å². The minimum absolute atomic E-state index is 0.378. The van der Waals surface area contributed by atoms with Crippen LogP contribution in [0, 0.1) is 0 Å². The van der Waals surface area contributed by atoms with Crippen LogP contribution in [0.3, 0.4) is 0 Å². The molecule has 0 unspecified atom stereocenters. The maximum atomic E-state index is 6.16. The molecule has 1 heterocycles. The number of fused-ring (bicyclic) bond motifs is 1. The Labute approximate surface area is 113 Å². The minimum Gasteiger partial charge on any atom is -0.492 e. The number of benzene rings is 1. The van der Waals surface area contributed by atoms with Crippen LogP contribution in [-0.4, -0.2) is 12.6 Å². The van der Waals surface area contributed by atoms with Crippen molar-refractivity contribution in [3.05, 3.63) is 33.9 Å². The fourth-order valence-electron chi connectivity index (χ4n) is 2.78. The summed E-state index contributed by atoms with van der Waals surface area (Å²) < 4.78 is 5.72. The quantitative estimate of drug-likeness (QED) is 0.841. The van der Waals surface area contributed by atoms with Gasteiger partial charge in [-0.2, -0.15) is 0 Å². The van der Waals surface area contributed by atoms with Crippen LogP contribution in [0.5, 0.6) is 5.75 Å². The van der Waals surface area contributed by atoms with Gasteiger partial charge in [-0.15, -0.1) is 0 Å². The van der Waals surface area contributed by atoms with Gasteiger partial charge < -0.3 is 10.5 Å². The van der Waals surface area contributed by atoms with Crippen molar-refractivity contribution in [3.63, 3.8) is 0 Å². The lowest BCUT2D eigenvalue weighted by atomic mass is 9.90. The molecule has 1 aromatic rings.